The SMILES string of the molecule is c1ccc(-c2nc(-c3cccc4c3sc3c(-c5nc6ccccc6n5-c5ccccc5)cccc34)nc(-n3c4ccccc4c4c(-c5ccccc5)cccc43)n2)cc1. The van der Waals surface area contributed by atoms with E-state index >= 15 is 0 Å². The molecule has 0 amide bonds. The minimum Gasteiger partial charge on any atom is -0.292 e. The monoisotopic (exact) mass is 772 g/mol. The predicted molar refractivity (Wildman–Crippen MR) is 243 cm³/mol. The van der Waals surface area contributed by atoms with Gasteiger partial charge in [0.15, 0.2) is 11.6 Å². The number of hydrogen-bond acceptors (Lipinski definition) is 5. The van der Waals surface area contributed by atoms with Crippen molar-refractivity contribution in [2.24, 2.45) is 0 Å². The number of fused-ring (bicyclic) bond motifs is 7. The summed E-state index contributed by atoms with van der Waals surface area (Å²) in [7, 11) is 0. The molecule has 12 aromatic rings. The highest BCUT2D eigenvalue weighted by Gasteiger charge is 2.23. The molecule has 0 bridgehead atoms. The maximum atomic E-state index is 5.39. The van der Waals surface area contributed by atoms with Gasteiger partial charge in [-0.2, -0.15) is 9.97 Å². The van der Waals surface area contributed by atoms with Gasteiger partial charge in [0, 0.05) is 53.3 Å². The highest BCUT2D eigenvalue weighted by Crippen LogP contribution is 2.45. The lowest BCUT2D eigenvalue weighted by atomic mass is 9.99. The summed E-state index contributed by atoms with van der Waals surface area (Å²) >= 11 is 1.77. The van der Waals surface area contributed by atoms with Crippen LogP contribution in [0.15, 0.2) is 194 Å². The minimum atomic E-state index is 0.570. The third-order valence-corrected chi connectivity index (χ3v) is 12.5. The van der Waals surface area contributed by atoms with Crippen molar-refractivity contribution in [2.75, 3.05) is 0 Å². The number of aromatic nitrogens is 6. The standard InChI is InChI=1S/C52H32N6S/c1-4-17-33(18-5-1)36-24-16-32-45-46(36)39-23-10-12-30-43(39)58(45)52-55-49(34-19-6-2-7-20-34)54-50(56-52)40-27-14-25-37-38-26-15-28-41(48(38)59-47(37)40)51-53-42-29-11-13-31-44(42)57(51)35-21-8-3-9-22-35/h1-32H. The Morgan fingerprint density at radius 1 is 0.356 bits per heavy atom. The van der Waals surface area contributed by atoms with Gasteiger partial charge in [-0.1, -0.05) is 146 Å². The molecule has 0 spiro atoms. The fourth-order valence-electron chi connectivity index (χ4n) is 8.61. The first-order valence-electron chi connectivity index (χ1n) is 19.7. The zero-order valence-electron chi connectivity index (χ0n) is 31.6. The largest absolute Gasteiger partial charge is 0.292 e. The second-order valence-electron chi connectivity index (χ2n) is 14.6. The molecule has 6 nitrogen and oxygen atoms in total. The molecule has 8 aromatic carbocycles. The van der Waals surface area contributed by atoms with Gasteiger partial charge < -0.3 is 0 Å². The lowest BCUT2D eigenvalue weighted by molar-refractivity contribution is 0.954. The molecule has 0 aliphatic rings. The van der Waals surface area contributed by atoms with Crippen LogP contribution in [0.3, 0.4) is 0 Å². The molecule has 0 aliphatic heterocycles. The maximum absolute atomic E-state index is 5.39. The Morgan fingerprint density at radius 3 is 1.69 bits per heavy atom. The second kappa shape index (κ2) is 13.4. The number of rotatable bonds is 6. The Balaban J connectivity index is 1.11. The van der Waals surface area contributed by atoms with Crippen molar-refractivity contribution < 1.29 is 0 Å². The van der Waals surface area contributed by atoms with E-state index in [-0.39, 0.29) is 0 Å². The van der Waals surface area contributed by atoms with Crippen LogP contribution in [0.1, 0.15) is 0 Å². The molecule has 0 atom stereocenters. The Kier molecular flexibility index (Phi) is 7.61. The quantitative estimate of drug-likeness (QED) is 0.169. The van der Waals surface area contributed by atoms with Crippen LogP contribution in [0, 0.1) is 0 Å². The molecule has 0 radical (unpaired) electrons. The Morgan fingerprint density at radius 2 is 0.915 bits per heavy atom. The number of benzene rings is 8. The molecule has 4 heterocycles. The summed E-state index contributed by atoms with van der Waals surface area (Å²) < 4.78 is 6.75. The van der Waals surface area contributed by atoms with Gasteiger partial charge in [0.25, 0.3) is 0 Å². The Labute approximate surface area is 343 Å². The molecule has 12 rings (SSSR count). The van der Waals surface area contributed by atoms with Gasteiger partial charge in [-0.3, -0.25) is 9.13 Å². The van der Waals surface area contributed by atoms with E-state index in [9.17, 15) is 0 Å². The van der Waals surface area contributed by atoms with Gasteiger partial charge >= 0.3 is 0 Å². The summed E-state index contributed by atoms with van der Waals surface area (Å²) in [6, 6.07) is 67.7. The van der Waals surface area contributed by atoms with E-state index in [1.54, 1.807) is 11.3 Å². The van der Waals surface area contributed by atoms with Crippen LogP contribution in [0.2, 0.25) is 0 Å². The summed E-state index contributed by atoms with van der Waals surface area (Å²) in [4.78, 5) is 21.1. The van der Waals surface area contributed by atoms with Crippen molar-refractivity contribution in [2.45, 2.75) is 0 Å². The van der Waals surface area contributed by atoms with Crippen LogP contribution in [0.5, 0.6) is 0 Å². The molecule has 0 unspecified atom stereocenters. The predicted octanol–water partition coefficient (Wildman–Crippen LogP) is 13.3. The third kappa shape index (κ3) is 5.33. The first kappa shape index (κ1) is 33.4. The van der Waals surface area contributed by atoms with Gasteiger partial charge in [-0.15, -0.1) is 11.3 Å². The van der Waals surface area contributed by atoms with Crippen molar-refractivity contribution in [3.63, 3.8) is 0 Å². The number of imidazole rings is 1. The highest BCUT2D eigenvalue weighted by molar-refractivity contribution is 7.26. The maximum Gasteiger partial charge on any atom is 0.238 e. The van der Waals surface area contributed by atoms with Crippen molar-refractivity contribution in [1.29, 1.82) is 0 Å². The van der Waals surface area contributed by atoms with Crippen molar-refractivity contribution in [3.05, 3.63) is 194 Å². The van der Waals surface area contributed by atoms with E-state index in [1.165, 1.54) is 10.9 Å². The van der Waals surface area contributed by atoms with Crippen molar-refractivity contribution in [1.82, 2.24) is 29.1 Å². The molecule has 59 heavy (non-hydrogen) atoms. The van der Waals surface area contributed by atoms with Crippen molar-refractivity contribution >= 4 is 64.3 Å². The van der Waals surface area contributed by atoms with Crippen LogP contribution < -0.4 is 0 Å². The zero-order valence-corrected chi connectivity index (χ0v) is 32.4. The van der Waals surface area contributed by atoms with Crippen LogP contribution in [0.25, 0.3) is 110 Å². The molecular formula is C52H32N6S. The highest BCUT2D eigenvalue weighted by atomic mass is 32.1. The molecular weight excluding hydrogens is 741 g/mol. The van der Waals surface area contributed by atoms with E-state index < -0.39 is 0 Å². The number of hydrogen-bond donors (Lipinski definition) is 0. The number of nitrogens with zero attached hydrogens (tertiary/aromatic N) is 6. The number of para-hydroxylation sites is 4. The summed E-state index contributed by atoms with van der Waals surface area (Å²) in [5.74, 6) is 2.71. The molecule has 7 heteroatoms. The smallest absolute Gasteiger partial charge is 0.238 e. The average Bonchev–Trinajstić information content (AvgIpc) is 4.00. The average molecular weight is 773 g/mol. The van der Waals surface area contributed by atoms with Crippen molar-refractivity contribution in [3.8, 4) is 56.9 Å². The molecule has 276 valence electrons. The fraction of sp³-hybridized carbons (Fsp3) is 0. The molecule has 0 N–H and O–H groups in total. The normalized spacial score (nSPS) is 11.7. The van der Waals surface area contributed by atoms with Crippen LogP contribution in [0.4, 0.5) is 0 Å². The third-order valence-electron chi connectivity index (χ3n) is 11.2. The van der Waals surface area contributed by atoms with Gasteiger partial charge in [0.2, 0.25) is 5.95 Å². The van der Waals surface area contributed by atoms with Gasteiger partial charge in [-0.25, -0.2) is 9.97 Å². The molecule has 4 aromatic heterocycles. The topological polar surface area (TPSA) is 61.4 Å². The first-order chi connectivity index (χ1) is 29.3. The lowest BCUT2D eigenvalue weighted by Crippen LogP contribution is -2.06. The number of thiophene rings is 1. The van der Waals surface area contributed by atoms with Crippen LogP contribution in [-0.2, 0) is 0 Å². The Hall–Kier alpha value is -7.74. The van der Waals surface area contributed by atoms with Crippen LogP contribution in [-0.4, -0.2) is 29.1 Å². The van der Waals surface area contributed by atoms with Gasteiger partial charge in [0.05, 0.1) is 22.1 Å². The van der Waals surface area contributed by atoms with Crippen LogP contribution >= 0.6 is 11.3 Å². The lowest BCUT2D eigenvalue weighted by Gasteiger charge is -2.11. The second-order valence-corrected chi connectivity index (χ2v) is 15.6. The molecule has 0 aliphatic carbocycles. The first-order valence-corrected chi connectivity index (χ1v) is 20.5. The molecule has 0 fully saturated rings. The summed E-state index contributed by atoms with van der Waals surface area (Å²) in [5.41, 5.74) is 10.5. The zero-order chi connectivity index (χ0) is 38.9. The van der Waals surface area contributed by atoms with E-state index in [1.807, 2.05) is 18.2 Å². The van der Waals surface area contributed by atoms with E-state index in [4.69, 9.17) is 19.9 Å². The minimum absolute atomic E-state index is 0.570. The molecule has 0 saturated heterocycles. The van der Waals surface area contributed by atoms with Gasteiger partial charge in [-0.05, 0) is 59.7 Å². The van der Waals surface area contributed by atoms with E-state index in [0.717, 1.165) is 81.4 Å². The summed E-state index contributed by atoms with van der Waals surface area (Å²) in [6.07, 6.45) is 0. The Bertz CT molecular complexity index is 3550. The summed E-state index contributed by atoms with van der Waals surface area (Å²) in [6.45, 7) is 0. The van der Waals surface area contributed by atoms with Gasteiger partial charge in [0.1, 0.15) is 5.82 Å². The molecule has 0 saturated carbocycles. The van der Waals surface area contributed by atoms with E-state index in [2.05, 4.69) is 185 Å². The van der Waals surface area contributed by atoms with E-state index in [0.29, 0.717) is 17.6 Å². The summed E-state index contributed by atoms with van der Waals surface area (Å²) in [5, 5.41) is 4.63. The fourth-order valence-corrected chi connectivity index (χ4v) is 9.93.